The number of H-pyrrole nitrogens is 1. The van der Waals surface area contributed by atoms with E-state index in [1.54, 1.807) is 49.5 Å². The molecule has 0 aliphatic rings. The number of urea groups is 1. The van der Waals surface area contributed by atoms with E-state index in [1.807, 2.05) is 0 Å². The second kappa shape index (κ2) is 8.77. The van der Waals surface area contributed by atoms with Gasteiger partial charge in [-0.3, -0.25) is 9.55 Å². The van der Waals surface area contributed by atoms with Gasteiger partial charge in [-0.05, 0) is 30.3 Å². The Balaban J connectivity index is 1.44. The van der Waals surface area contributed by atoms with Gasteiger partial charge < -0.3 is 15.4 Å². The molecule has 182 valence electrons. The standard InChI is InChI=1S/C25H18F3N5O3/c1-33-21-20(11-12-29-22(21)32-24(33)35)36-19-10-9-18(16-7-2-3-8-17(16)19)31-23(34)30-15-6-4-5-14(13-15)25(26,27)28/h2-13H,1H3,(H,29,32,35)(H2,30,31,34). The smallest absolute Gasteiger partial charge is 0.416 e. The summed E-state index contributed by atoms with van der Waals surface area (Å²) in [5.41, 5.74) is 0.118. The molecule has 5 rings (SSSR count). The van der Waals surface area contributed by atoms with Gasteiger partial charge in [-0.2, -0.15) is 13.2 Å². The Morgan fingerprint density at radius 1 is 0.972 bits per heavy atom. The molecule has 5 aromatic rings. The van der Waals surface area contributed by atoms with Gasteiger partial charge in [0.2, 0.25) is 0 Å². The van der Waals surface area contributed by atoms with Crippen molar-refractivity contribution in [3.63, 3.8) is 0 Å². The summed E-state index contributed by atoms with van der Waals surface area (Å²) in [6.45, 7) is 0. The molecule has 0 aliphatic carbocycles. The number of nitrogens with zero attached hydrogens (tertiary/aromatic N) is 2. The first-order chi connectivity index (χ1) is 17.2. The maximum atomic E-state index is 13.0. The van der Waals surface area contributed by atoms with Crippen LogP contribution < -0.4 is 21.1 Å². The molecule has 0 aliphatic heterocycles. The van der Waals surface area contributed by atoms with Gasteiger partial charge in [-0.1, -0.05) is 30.3 Å². The molecule has 3 N–H and O–H groups in total. The van der Waals surface area contributed by atoms with Crippen molar-refractivity contribution in [1.82, 2.24) is 14.5 Å². The predicted octanol–water partition coefficient (Wildman–Crippen LogP) is 5.87. The van der Waals surface area contributed by atoms with Crippen LogP contribution in [0.5, 0.6) is 11.5 Å². The van der Waals surface area contributed by atoms with E-state index in [9.17, 15) is 22.8 Å². The lowest BCUT2D eigenvalue weighted by atomic mass is 10.1. The minimum atomic E-state index is -4.52. The number of carbonyl (C=O) groups is 1. The van der Waals surface area contributed by atoms with Crippen LogP contribution in [0.1, 0.15) is 5.56 Å². The monoisotopic (exact) mass is 493 g/mol. The van der Waals surface area contributed by atoms with E-state index < -0.39 is 17.8 Å². The Morgan fingerprint density at radius 3 is 2.53 bits per heavy atom. The zero-order chi connectivity index (χ0) is 25.4. The number of aromatic nitrogens is 3. The highest BCUT2D eigenvalue weighted by Crippen LogP contribution is 2.36. The number of halogens is 3. The molecule has 36 heavy (non-hydrogen) atoms. The van der Waals surface area contributed by atoms with E-state index in [2.05, 4.69) is 20.6 Å². The van der Waals surface area contributed by atoms with Gasteiger partial charge in [0.15, 0.2) is 11.4 Å². The molecule has 0 fully saturated rings. The molecule has 2 amide bonds. The summed E-state index contributed by atoms with van der Waals surface area (Å²) in [5.74, 6) is 0.879. The molecular weight excluding hydrogens is 475 g/mol. The van der Waals surface area contributed by atoms with Crippen molar-refractivity contribution in [3.8, 4) is 11.5 Å². The summed E-state index contributed by atoms with van der Waals surface area (Å²) in [7, 11) is 1.60. The van der Waals surface area contributed by atoms with Gasteiger partial charge in [0.05, 0.1) is 11.3 Å². The lowest BCUT2D eigenvalue weighted by Crippen LogP contribution is -2.20. The second-order valence-electron chi connectivity index (χ2n) is 7.91. The number of aryl methyl sites for hydroxylation is 1. The number of aromatic amines is 1. The molecule has 0 unspecified atom stereocenters. The number of imidazole rings is 1. The lowest BCUT2D eigenvalue weighted by Gasteiger charge is -2.15. The van der Waals surface area contributed by atoms with Crippen LogP contribution in [0.3, 0.4) is 0 Å². The third kappa shape index (κ3) is 4.33. The molecule has 0 spiro atoms. The number of rotatable bonds is 4. The van der Waals surface area contributed by atoms with Crippen molar-refractivity contribution >= 4 is 39.3 Å². The quantitative estimate of drug-likeness (QED) is 0.292. The van der Waals surface area contributed by atoms with Crippen molar-refractivity contribution in [1.29, 1.82) is 0 Å². The molecule has 8 nitrogen and oxygen atoms in total. The molecule has 0 bridgehead atoms. The number of ether oxygens (including phenoxy) is 1. The van der Waals surface area contributed by atoms with Crippen molar-refractivity contribution < 1.29 is 22.7 Å². The molecular formula is C25H18F3N5O3. The average Bonchev–Trinajstić information content (AvgIpc) is 3.14. The zero-order valence-electron chi connectivity index (χ0n) is 18.7. The molecule has 2 heterocycles. The third-order valence-corrected chi connectivity index (χ3v) is 5.55. The predicted molar refractivity (Wildman–Crippen MR) is 129 cm³/mol. The average molecular weight is 493 g/mol. The fraction of sp³-hybridized carbons (Fsp3) is 0.0800. The number of alkyl halides is 3. The first-order valence-corrected chi connectivity index (χ1v) is 10.7. The third-order valence-electron chi connectivity index (χ3n) is 5.55. The van der Waals surface area contributed by atoms with Crippen LogP contribution in [0.15, 0.2) is 77.7 Å². The van der Waals surface area contributed by atoms with E-state index in [0.717, 1.165) is 12.1 Å². The second-order valence-corrected chi connectivity index (χ2v) is 7.91. The number of anilines is 2. The number of amides is 2. The Labute approximate surface area is 201 Å². The summed E-state index contributed by atoms with van der Waals surface area (Å²) in [5, 5.41) is 6.41. The Bertz CT molecular complexity index is 1670. The number of hydrogen-bond donors (Lipinski definition) is 3. The summed E-state index contributed by atoms with van der Waals surface area (Å²) in [4.78, 5) is 31.4. The molecule has 3 aromatic carbocycles. The minimum Gasteiger partial charge on any atom is -0.454 e. The van der Waals surface area contributed by atoms with Crippen LogP contribution in [0.4, 0.5) is 29.3 Å². The van der Waals surface area contributed by atoms with E-state index in [4.69, 9.17) is 4.74 Å². The summed E-state index contributed by atoms with van der Waals surface area (Å²) in [6, 6.07) is 15.7. The van der Waals surface area contributed by atoms with Crippen molar-refractivity contribution in [2.24, 2.45) is 7.05 Å². The molecule has 11 heteroatoms. The highest BCUT2D eigenvalue weighted by molar-refractivity contribution is 6.07. The lowest BCUT2D eigenvalue weighted by molar-refractivity contribution is -0.137. The minimum absolute atomic E-state index is 0.00500. The zero-order valence-corrected chi connectivity index (χ0v) is 18.7. The number of nitrogens with one attached hydrogen (secondary N) is 3. The molecule has 0 radical (unpaired) electrons. The molecule has 2 aromatic heterocycles. The van der Waals surface area contributed by atoms with Gasteiger partial charge in [-0.15, -0.1) is 0 Å². The number of carbonyl (C=O) groups excluding carboxylic acids is 1. The van der Waals surface area contributed by atoms with Crippen LogP contribution in [-0.4, -0.2) is 20.6 Å². The number of fused-ring (bicyclic) bond motifs is 2. The first kappa shape index (κ1) is 23.0. The molecule has 0 saturated heterocycles. The van der Waals surface area contributed by atoms with Gasteiger partial charge in [-0.25, -0.2) is 14.6 Å². The van der Waals surface area contributed by atoms with Gasteiger partial charge in [0, 0.05) is 35.8 Å². The van der Waals surface area contributed by atoms with E-state index in [1.165, 1.54) is 22.9 Å². The van der Waals surface area contributed by atoms with Gasteiger partial charge in [0.25, 0.3) is 0 Å². The van der Waals surface area contributed by atoms with Crippen LogP contribution in [-0.2, 0) is 13.2 Å². The summed E-state index contributed by atoms with van der Waals surface area (Å²) >= 11 is 0. The topological polar surface area (TPSA) is 101 Å². The van der Waals surface area contributed by atoms with Crippen LogP contribution in [0.25, 0.3) is 21.9 Å². The number of benzene rings is 3. The fourth-order valence-corrected chi connectivity index (χ4v) is 3.87. The summed E-state index contributed by atoms with van der Waals surface area (Å²) in [6.07, 6.45) is -3.00. The Kier molecular flexibility index (Phi) is 5.59. The maximum absolute atomic E-state index is 13.0. The fourth-order valence-electron chi connectivity index (χ4n) is 3.87. The van der Waals surface area contributed by atoms with E-state index in [0.29, 0.717) is 39.1 Å². The largest absolute Gasteiger partial charge is 0.454 e. The van der Waals surface area contributed by atoms with Gasteiger partial charge >= 0.3 is 17.9 Å². The molecule has 0 atom stereocenters. The Hall–Kier alpha value is -4.80. The Morgan fingerprint density at radius 2 is 1.75 bits per heavy atom. The summed E-state index contributed by atoms with van der Waals surface area (Å²) < 4.78 is 46.4. The highest BCUT2D eigenvalue weighted by atomic mass is 19.4. The first-order valence-electron chi connectivity index (χ1n) is 10.7. The SMILES string of the molecule is Cn1c(=O)[nH]c2nccc(Oc3ccc(NC(=O)Nc4cccc(C(F)(F)F)c4)c4ccccc34)c21. The number of pyridine rings is 1. The van der Waals surface area contributed by atoms with Crippen molar-refractivity contribution in [2.75, 3.05) is 10.6 Å². The van der Waals surface area contributed by atoms with E-state index >= 15 is 0 Å². The molecule has 0 saturated carbocycles. The highest BCUT2D eigenvalue weighted by Gasteiger charge is 2.30. The van der Waals surface area contributed by atoms with Crippen molar-refractivity contribution in [2.45, 2.75) is 6.18 Å². The van der Waals surface area contributed by atoms with Gasteiger partial charge in [0.1, 0.15) is 11.3 Å². The normalized spacial score (nSPS) is 11.6. The number of hydrogen-bond acceptors (Lipinski definition) is 4. The van der Waals surface area contributed by atoms with Crippen molar-refractivity contribution in [3.05, 3.63) is 89.0 Å². The van der Waals surface area contributed by atoms with Crippen LogP contribution in [0.2, 0.25) is 0 Å². The maximum Gasteiger partial charge on any atom is 0.416 e. The van der Waals surface area contributed by atoms with Crippen LogP contribution >= 0.6 is 0 Å². The van der Waals surface area contributed by atoms with E-state index in [-0.39, 0.29) is 11.4 Å². The van der Waals surface area contributed by atoms with Crippen LogP contribution in [0, 0.1) is 0 Å².